The molecule has 1 atom stereocenters. The van der Waals surface area contributed by atoms with Crippen LogP contribution in [0.25, 0.3) is 0 Å². The summed E-state index contributed by atoms with van der Waals surface area (Å²) >= 11 is 1.62. The number of carbonyl (C=O) groups is 1. The summed E-state index contributed by atoms with van der Waals surface area (Å²) < 4.78 is 0. The van der Waals surface area contributed by atoms with E-state index in [0.717, 1.165) is 24.8 Å². The van der Waals surface area contributed by atoms with Crippen LogP contribution in [0, 0.1) is 11.3 Å². The maximum absolute atomic E-state index is 12.3. The third-order valence-corrected chi connectivity index (χ3v) is 6.01. The van der Waals surface area contributed by atoms with Crippen LogP contribution < -0.4 is 5.73 Å². The summed E-state index contributed by atoms with van der Waals surface area (Å²) in [7, 11) is 3.58. The van der Waals surface area contributed by atoms with Crippen molar-refractivity contribution in [3.8, 4) is 0 Å². The van der Waals surface area contributed by atoms with Gasteiger partial charge >= 0.3 is 0 Å². The van der Waals surface area contributed by atoms with Gasteiger partial charge in [-0.05, 0) is 36.2 Å². The standard InChI is InChI=1S/C16H26N2OS/c1-6-16(2,3)10-7-8-11-12(9-10)20-14(17)13(11)15(19)18(4)5/h10H,6-9,17H2,1-5H3. The summed E-state index contributed by atoms with van der Waals surface area (Å²) in [5.74, 6) is 0.744. The Kier molecular flexibility index (Phi) is 4.14. The molecule has 112 valence electrons. The lowest BCUT2D eigenvalue weighted by atomic mass is 9.69. The number of amides is 1. The number of carbonyl (C=O) groups excluding carboxylic acids is 1. The molecular formula is C16H26N2OS. The van der Waals surface area contributed by atoms with Crippen LogP contribution in [0.2, 0.25) is 0 Å². The van der Waals surface area contributed by atoms with E-state index in [2.05, 4.69) is 20.8 Å². The van der Waals surface area contributed by atoms with Gasteiger partial charge in [0.15, 0.2) is 0 Å². The van der Waals surface area contributed by atoms with E-state index in [1.165, 1.54) is 16.9 Å². The van der Waals surface area contributed by atoms with E-state index in [1.807, 2.05) is 0 Å². The molecule has 1 heterocycles. The molecule has 2 rings (SSSR count). The molecule has 20 heavy (non-hydrogen) atoms. The Morgan fingerprint density at radius 3 is 2.65 bits per heavy atom. The average molecular weight is 294 g/mol. The van der Waals surface area contributed by atoms with Crippen LogP contribution in [0.1, 0.15) is 54.4 Å². The molecule has 0 spiro atoms. The molecule has 1 unspecified atom stereocenters. The predicted molar refractivity (Wildman–Crippen MR) is 86.3 cm³/mol. The monoisotopic (exact) mass is 294 g/mol. The third kappa shape index (κ3) is 2.58. The highest BCUT2D eigenvalue weighted by Crippen LogP contribution is 2.44. The Morgan fingerprint density at radius 1 is 1.45 bits per heavy atom. The lowest BCUT2D eigenvalue weighted by molar-refractivity contribution is 0.0827. The first-order chi connectivity index (χ1) is 9.27. The molecule has 0 aromatic carbocycles. The van der Waals surface area contributed by atoms with Crippen molar-refractivity contribution in [2.75, 3.05) is 19.8 Å². The summed E-state index contributed by atoms with van der Waals surface area (Å²) in [5.41, 5.74) is 8.46. The van der Waals surface area contributed by atoms with Crippen molar-refractivity contribution in [1.82, 2.24) is 4.90 Å². The van der Waals surface area contributed by atoms with Gasteiger partial charge < -0.3 is 10.6 Å². The number of thiophene rings is 1. The molecule has 0 saturated carbocycles. The van der Waals surface area contributed by atoms with E-state index in [4.69, 9.17) is 5.73 Å². The molecule has 0 aliphatic heterocycles. The van der Waals surface area contributed by atoms with Crippen LogP contribution in [-0.2, 0) is 12.8 Å². The first-order valence-electron chi connectivity index (χ1n) is 7.39. The maximum atomic E-state index is 12.3. The molecule has 1 amide bonds. The Labute approximate surface area is 126 Å². The van der Waals surface area contributed by atoms with Gasteiger partial charge in [-0.1, -0.05) is 27.2 Å². The number of nitrogens with two attached hydrogens (primary N) is 1. The Bertz CT molecular complexity index is 517. The molecule has 1 aliphatic carbocycles. The van der Waals surface area contributed by atoms with Crippen molar-refractivity contribution in [2.24, 2.45) is 11.3 Å². The number of nitrogens with zero attached hydrogens (tertiary/aromatic N) is 1. The Morgan fingerprint density at radius 2 is 2.10 bits per heavy atom. The molecule has 0 saturated heterocycles. The molecule has 0 radical (unpaired) electrons. The summed E-state index contributed by atoms with van der Waals surface area (Å²) in [5, 5.41) is 0.698. The third-order valence-electron chi connectivity index (χ3n) is 4.93. The second-order valence-electron chi connectivity index (χ2n) is 6.72. The van der Waals surface area contributed by atoms with Crippen molar-refractivity contribution in [2.45, 2.75) is 46.5 Å². The number of anilines is 1. The SMILES string of the molecule is CCC(C)(C)C1CCc2c(sc(N)c2C(=O)N(C)C)C1. The summed E-state index contributed by atoms with van der Waals surface area (Å²) in [6.45, 7) is 6.97. The van der Waals surface area contributed by atoms with Crippen LogP contribution in [0.15, 0.2) is 0 Å². The largest absolute Gasteiger partial charge is 0.390 e. The topological polar surface area (TPSA) is 46.3 Å². The lowest BCUT2D eigenvalue weighted by Crippen LogP contribution is -2.29. The smallest absolute Gasteiger partial charge is 0.256 e. The fourth-order valence-corrected chi connectivity index (χ4v) is 4.21. The highest BCUT2D eigenvalue weighted by molar-refractivity contribution is 7.16. The Balaban J connectivity index is 2.33. The second-order valence-corrected chi connectivity index (χ2v) is 7.86. The van der Waals surface area contributed by atoms with E-state index in [9.17, 15) is 4.79 Å². The van der Waals surface area contributed by atoms with Crippen LogP contribution in [0.3, 0.4) is 0 Å². The van der Waals surface area contributed by atoms with E-state index in [0.29, 0.717) is 16.3 Å². The van der Waals surface area contributed by atoms with Crippen molar-refractivity contribution in [1.29, 1.82) is 0 Å². The van der Waals surface area contributed by atoms with E-state index in [-0.39, 0.29) is 5.91 Å². The molecule has 4 heteroatoms. The minimum Gasteiger partial charge on any atom is -0.390 e. The lowest BCUT2D eigenvalue weighted by Gasteiger charge is -2.36. The van der Waals surface area contributed by atoms with Crippen molar-refractivity contribution in [3.63, 3.8) is 0 Å². The van der Waals surface area contributed by atoms with Gasteiger partial charge in [-0.25, -0.2) is 0 Å². The van der Waals surface area contributed by atoms with Crippen LogP contribution >= 0.6 is 11.3 Å². The zero-order valence-corrected chi connectivity index (χ0v) is 14.1. The van der Waals surface area contributed by atoms with Gasteiger partial charge in [-0.3, -0.25) is 4.79 Å². The van der Waals surface area contributed by atoms with E-state index >= 15 is 0 Å². The van der Waals surface area contributed by atoms with Gasteiger partial charge in [0.1, 0.15) is 0 Å². The van der Waals surface area contributed by atoms with Crippen molar-refractivity contribution >= 4 is 22.2 Å². The number of rotatable bonds is 3. The fraction of sp³-hybridized carbons (Fsp3) is 0.688. The quantitative estimate of drug-likeness (QED) is 0.926. The van der Waals surface area contributed by atoms with E-state index in [1.54, 1.807) is 30.3 Å². The second kappa shape index (κ2) is 5.40. The fourth-order valence-electron chi connectivity index (χ4n) is 3.02. The van der Waals surface area contributed by atoms with Gasteiger partial charge in [-0.15, -0.1) is 11.3 Å². The molecule has 2 N–H and O–H groups in total. The summed E-state index contributed by atoms with van der Waals surface area (Å²) in [4.78, 5) is 15.2. The summed E-state index contributed by atoms with van der Waals surface area (Å²) in [6, 6.07) is 0. The minimum absolute atomic E-state index is 0.0493. The number of hydrogen-bond donors (Lipinski definition) is 1. The minimum atomic E-state index is 0.0493. The Hall–Kier alpha value is -1.03. The molecule has 1 aromatic heterocycles. The van der Waals surface area contributed by atoms with Gasteiger partial charge in [-0.2, -0.15) is 0 Å². The molecule has 1 aliphatic rings. The highest BCUT2D eigenvalue weighted by Gasteiger charge is 2.34. The van der Waals surface area contributed by atoms with Gasteiger partial charge in [0.05, 0.1) is 10.6 Å². The highest BCUT2D eigenvalue weighted by atomic mass is 32.1. The van der Waals surface area contributed by atoms with Gasteiger partial charge in [0, 0.05) is 19.0 Å². The van der Waals surface area contributed by atoms with Crippen LogP contribution in [0.5, 0.6) is 0 Å². The molecule has 3 nitrogen and oxygen atoms in total. The molecule has 0 fully saturated rings. The van der Waals surface area contributed by atoms with Crippen molar-refractivity contribution in [3.05, 3.63) is 16.0 Å². The average Bonchev–Trinajstić information content (AvgIpc) is 2.72. The number of hydrogen-bond acceptors (Lipinski definition) is 3. The molecular weight excluding hydrogens is 268 g/mol. The number of nitrogen functional groups attached to an aromatic ring is 1. The summed E-state index contributed by atoms with van der Waals surface area (Å²) in [6.07, 6.45) is 4.42. The normalized spacial score (nSPS) is 18.8. The van der Waals surface area contributed by atoms with E-state index < -0.39 is 0 Å². The first kappa shape index (κ1) is 15.4. The number of fused-ring (bicyclic) bond motifs is 1. The first-order valence-corrected chi connectivity index (χ1v) is 8.21. The zero-order chi connectivity index (χ0) is 15.1. The van der Waals surface area contributed by atoms with Gasteiger partial charge in [0.25, 0.3) is 5.91 Å². The zero-order valence-electron chi connectivity index (χ0n) is 13.2. The van der Waals surface area contributed by atoms with Crippen molar-refractivity contribution < 1.29 is 4.79 Å². The van der Waals surface area contributed by atoms with Gasteiger partial charge in [0.2, 0.25) is 0 Å². The van der Waals surface area contributed by atoms with Crippen LogP contribution in [-0.4, -0.2) is 24.9 Å². The predicted octanol–water partition coefficient (Wildman–Crippen LogP) is 3.57. The van der Waals surface area contributed by atoms with Crippen LogP contribution in [0.4, 0.5) is 5.00 Å². The molecule has 0 bridgehead atoms. The molecule has 1 aromatic rings. The maximum Gasteiger partial charge on any atom is 0.256 e.